The minimum absolute atomic E-state index is 0.0307. The zero-order valence-electron chi connectivity index (χ0n) is 14.5. The average molecular weight is 327 g/mol. The van der Waals surface area contributed by atoms with Crippen molar-refractivity contribution in [1.29, 1.82) is 0 Å². The Morgan fingerprint density at radius 1 is 1.42 bits per heavy atom. The number of hydrogen-bond acceptors (Lipinski definition) is 3. The van der Waals surface area contributed by atoms with Crippen molar-refractivity contribution in [2.45, 2.75) is 46.3 Å². The van der Waals surface area contributed by atoms with Crippen molar-refractivity contribution < 1.29 is 9.53 Å². The number of ether oxygens (including phenoxy) is 1. The molecular formula is C19H25N3O2. The molecule has 128 valence electrons. The Kier molecular flexibility index (Phi) is 5.30. The second kappa shape index (κ2) is 7.62. The molecule has 1 aliphatic rings. The van der Waals surface area contributed by atoms with E-state index in [1.54, 1.807) is 0 Å². The minimum Gasteiger partial charge on any atom is -0.376 e. The summed E-state index contributed by atoms with van der Waals surface area (Å²) < 4.78 is 7.72. The number of aryl methyl sites for hydroxylation is 2. The molecule has 1 amide bonds. The molecule has 0 atom stereocenters. The molecule has 0 spiro atoms. The molecule has 1 N–H and O–H groups in total. The van der Waals surface area contributed by atoms with Gasteiger partial charge in [-0.05, 0) is 25.5 Å². The van der Waals surface area contributed by atoms with Gasteiger partial charge in [-0.3, -0.25) is 9.48 Å². The summed E-state index contributed by atoms with van der Waals surface area (Å²) in [6.07, 6.45) is 2.73. The molecule has 0 unspecified atom stereocenters. The van der Waals surface area contributed by atoms with Crippen molar-refractivity contribution in [3.8, 4) is 0 Å². The smallest absolute Gasteiger partial charge is 0.251 e. The van der Waals surface area contributed by atoms with Crippen LogP contribution in [-0.2, 0) is 30.7 Å². The molecule has 2 aromatic rings. The monoisotopic (exact) mass is 327 g/mol. The van der Waals surface area contributed by atoms with Crippen molar-refractivity contribution in [3.63, 3.8) is 0 Å². The molecule has 0 saturated carbocycles. The largest absolute Gasteiger partial charge is 0.376 e. The summed E-state index contributed by atoms with van der Waals surface area (Å²) in [5.41, 5.74) is 5.38. The quantitative estimate of drug-likeness (QED) is 0.887. The van der Waals surface area contributed by atoms with Crippen molar-refractivity contribution in [3.05, 3.63) is 52.3 Å². The maximum absolute atomic E-state index is 12.2. The third-order valence-corrected chi connectivity index (χ3v) is 4.34. The molecule has 24 heavy (non-hydrogen) atoms. The molecule has 0 fully saturated rings. The maximum atomic E-state index is 12.2. The zero-order chi connectivity index (χ0) is 16.9. The topological polar surface area (TPSA) is 56.2 Å². The molecule has 0 bridgehead atoms. The molecule has 0 aliphatic carbocycles. The Labute approximate surface area is 143 Å². The Morgan fingerprint density at radius 3 is 3.08 bits per heavy atom. The van der Waals surface area contributed by atoms with E-state index in [2.05, 4.69) is 16.9 Å². The lowest BCUT2D eigenvalue weighted by Crippen LogP contribution is -2.26. The molecule has 1 aliphatic heterocycles. The molecule has 0 saturated heterocycles. The van der Waals surface area contributed by atoms with Crippen LogP contribution >= 0.6 is 0 Å². The second-order valence-corrected chi connectivity index (χ2v) is 6.27. The lowest BCUT2D eigenvalue weighted by molar-refractivity contribution is 0.0953. The van der Waals surface area contributed by atoms with E-state index in [1.807, 2.05) is 31.2 Å². The standard InChI is InChI=1S/C19H25N3O2/c1-3-10-22-18-8-11-24-13-16(18)17(21-22)7-9-20-19(23)15-6-4-5-14(2)12-15/h4-6,12H,3,7-11,13H2,1-2H3,(H,20,23). The van der Waals surface area contributed by atoms with Gasteiger partial charge < -0.3 is 10.1 Å². The van der Waals surface area contributed by atoms with Gasteiger partial charge in [0.15, 0.2) is 0 Å². The van der Waals surface area contributed by atoms with Crippen LogP contribution in [0.2, 0.25) is 0 Å². The van der Waals surface area contributed by atoms with Gasteiger partial charge in [0.25, 0.3) is 5.91 Å². The molecular weight excluding hydrogens is 302 g/mol. The van der Waals surface area contributed by atoms with E-state index in [0.29, 0.717) is 18.7 Å². The summed E-state index contributed by atoms with van der Waals surface area (Å²) >= 11 is 0. The van der Waals surface area contributed by atoms with Gasteiger partial charge in [-0.1, -0.05) is 24.6 Å². The van der Waals surface area contributed by atoms with Crippen LogP contribution in [0.3, 0.4) is 0 Å². The molecule has 1 aromatic carbocycles. The van der Waals surface area contributed by atoms with Crippen LogP contribution in [0.15, 0.2) is 24.3 Å². The van der Waals surface area contributed by atoms with E-state index in [9.17, 15) is 4.79 Å². The van der Waals surface area contributed by atoms with Crippen LogP contribution in [0.4, 0.5) is 0 Å². The Morgan fingerprint density at radius 2 is 2.29 bits per heavy atom. The van der Waals surface area contributed by atoms with Crippen LogP contribution in [0.25, 0.3) is 0 Å². The van der Waals surface area contributed by atoms with Crippen molar-refractivity contribution in [2.24, 2.45) is 0 Å². The fourth-order valence-electron chi connectivity index (χ4n) is 3.16. The first kappa shape index (κ1) is 16.7. The highest BCUT2D eigenvalue weighted by atomic mass is 16.5. The molecule has 5 nitrogen and oxygen atoms in total. The highest BCUT2D eigenvalue weighted by Crippen LogP contribution is 2.21. The number of fused-ring (bicyclic) bond motifs is 1. The molecule has 2 heterocycles. The highest BCUT2D eigenvalue weighted by Gasteiger charge is 2.20. The summed E-state index contributed by atoms with van der Waals surface area (Å²) in [5.74, 6) is -0.0307. The maximum Gasteiger partial charge on any atom is 0.251 e. The van der Waals surface area contributed by atoms with Gasteiger partial charge in [0.1, 0.15) is 0 Å². The van der Waals surface area contributed by atoms with Crippen LogP contribution in [0.1, 0.15) is 46.2 Å². The van der Waals surface area contributed by atoms with Crippen molar-refractivity contribution >= 4 is 5.91 Å². The van der Waals surface area contributed by atoms with Gasteiger partial charge in [0.2, 0.25) is 0 Å². The van der Waals surface area contributed by atoms with Gasteiger partial charge >= 0.3 is 0 Å². The summed E-state index contributed by atoms with van der Waals surface area (Å²) in [6.45, 7) is 7.09. The highest BCUT2D eigenvalue weighted by molar-refractivity contribution is 5.94. The Balaban J connectivity index is 1.63. The SMILES string of the molecule is CCCn1nc(CCNC(=O)c2cccc(C)c2)c2c1CCOC2. The van der Waals surface area contributed by atoms with Crippen molar-refractivity contribution in [1.82, 2.24) is 15.1 Å². The number of benzene rings is 1. The van der Waals surface area contributed by atoms with E-state index in [0.717, 1.165) is 43.7 Å². The summed E-state index contributed by atoms with van der Waals surface area (Å²) in [5, 5.41) is 7.74. The first-order chi connectivity index (χ1) is 11.7. The molecule has 3 rings (SSSR count). The lowest BCUT2D eigenvalue weighted by Gasteiger charge is -2.15. The normalized spacial score (nSPS) is 13.6. The first-order valence-electron chi connectivity index (χ1n) is 8.69. The molecule has 1 aromatic heterocycles. The number of nitrogens with zero attached hydrogens (tertiary/aromatic N) is 2. The third-order valence-electron chi connectivity index (χ3n) is 4.34. The van der Waals surface area contributed by atoms with Crippen LogP contribution in [0.5, 0.6) is 0 Å². The van der Waals surface area contributed by atoms with E-state index in [1.165, 1.54) is 11.3 Å². The predicted octanol–water partition coefficient (Wildman–Crippen LogP) is 2.65. The summed E-state index contributed by atoms with van der Waals surface area (Å²) in [6, 6.07) is 7.64. The Bertz CT molecular complexity index is 721. The fraction of sp³-hybridized carbons (Fsp3) is 0.474. The van der Waals surface area contributed by atoms with Gasteiger partial charge in [0, 0.05) is 42.8 Å². The summed E-state index contributed by atoms with van der Waals surface area (Å²) in [7, 11) is 0. The van der Waals surface area contributed by atoms with Gasteiger partial charge in [-0.25, -0.2) is 0 Å². The minimum atomic E-state index is -0.0307. The number of aromatic nitrogens is 2. The van der Waals surface area contributed by atoms with Gasteiger partial charge in [-0.2, -0.15) is 5.10 Å². The second-order valence-electron chi connectivity index (χ2n) is 6.27. The predicted molar refractivity (Wildman–Crippen MR) is 93.1 cm³/mol. The number of hydrogen-bond donors (Lipinski definition) is 1. The van der Waals surface area contributed by atoms with Crippen LogP contribution in [0, 0.1) is 6.92 Å². The van der Waals surface area contributed by atoms with Gasteiger partial charge in [0.05, 0.1) is 18.9 Å². The van der Waals surface area contributed by atoms with Crippen molar-refractivity contribution in [2.75, 3.05) is 13.2 Å². The Hall–Kier alpha value is -2.14. The fourth-order valence-corrected chi connectivity index (χ4v) is 3.16. The summed E-state index contributed by atoms with van der Waals surface area (Å²) in [4.78, 5) is 12.2. The number of carbonyl (C=O) groups excluding carboxylic acids is 1. The lowest BCUT2D eigenvalue weighted by atomic mass is 10.1. The number of carbonyl (C=O) groups is 1. The zero-order valence-corrected chi connectivity index (χ0v) is 14.5. The average Bonchev–Trinajstić information content (AvgIpc) is 2.93. The number of amides is 1. The van der Waals surface area contributed by atoms with Crippen LogP contribution < -0.4 is 5.32 Å². The number of nitrogens with one attached hydrogen (secondary N) is 1. The molecule has 0 radical (unpaired) electrons. The first-order valence-corrected chi connectivity index (χ1v) is 8.69. The molecule has 5 heteroatoms. The van der Waals surface area contributed by atoms with Gasteiger partial charge in [-0.15, -0.1) is 0 Å². The van der Waals surface area contributed by atoms with E-state index < -0.39 is 0 Å². The van der Waals surface area contributed by atoms with E-state index in [4.69, 9.17) is 9.84 Å². The third kappa shape index (κ3) is 3.67. The van der Waals surface area contributed by atoms with E-state index >= 15 is 0 Å². The number of rotatable bonds is 6. The van der Waals surface area contributed by atoms with E-state index in [-0.39, 0.29) is 5.91 Å². The van der Waals surface area contributed by atoms with Crippen LogP contribution in [-0.4, -0.2) is 28.8 Å².